The molecule has 2 amide bonds. The molecule has 18 heavy (non-hydrogen) atoms. The molecule has 5 nitrogen and oxygen atoms in total. The predicted octanol–water partition coefficient (Wildman–Crippen LogP) is 0.764. The summed E-state index contributed by atoms with van der Waals surface area (Å²) in [7, 11) is 0. The second-order valence-electron chi connectivity index (χ2n) is 4.00. The van der Waals surface area contributed by atoms with Crippen LogP contribution in [0.1, 0.15) is 12.8 Å². The molecule has 1 heterocycles. The van der Waals surface area contributed by atoms with Gasteiger partial charge in [0.2, 0.25) is 11.8 Å². The molecule has 1 aromatic carbocycles. The second kappa shape index (κ2) is 4.59. The highest BCUT2D eigenvalue weighted by Gasteiger charge is 2.27. The van der Waals surface area contributed by atoms with E-state index in [1.54, 1.807) is 0 Å². The van der Waals surface area contributed by atoms with Crippen molar-refractivity contribution >= 4 is 23.2 Å². The Bertz CT molecular complexity index is 519. The number of anilines is 2. The predicted molar refractivity (Wildman–Crippen MR) is 60.6 cm³/mol. The molecule has 96 valence electrons. The lowest BCUT2D eigenvalue weighted by Gasteiger charge is -2.23. The lowest BCUT2D eigenvalue weighted by molar-refractivity contribution is -0.133. The quantitative estimate of drug-likeness (QED) is 0.538. The van der Waals surface area contributed by atoms with Gasteiger partial charge in [-0.2, -0.15) is 0 Å². The molecule has 0 saturated carbocycles. The van der Waals surface area contributed by atoms with Gasteiger partial charge in [0.25, 0.3) is 0 Å². The third kappa shape index (κ3) is 2.39. The number of carbonyl (C=O) groups excluding carboxylic acids is 2. The molecular formula is C11H11F2N3O2. The smallest absolute Gasteiger partial charge is 0.249 e. The Morgan fingerprint density at radius 2 is 2.06 bits per heavy atom. The number of amides is 2. The molecule has 1 aliphatic heterocycles. The Balaban J connectivity index is 2.19. The van der Waals surface area contributed by atoms with Crippen LogP contribution in [0.25, 0.3) is 0 Å². The van der Waals surface area contributed by atoms with Gasteiger partial charge in [-0.25, -0.2) is 8.78 Å². The van der Waals surface area contributed by atoms with Crippen molar-refractivity contribution in [2.75, 3.05) is 11.1 Å². The first kappa shape index (κ1) is 12.3. The third-order valence-electron chi connectivity index (χ3n) is 2.66. The van der Waals surface area contributed by atoms with Crippen LogP contribution in [0.5, 0.6) is 0 Å². The molecule has 1 atom stereocenters. The van der Waals surface area contributed by atoms with Crippen LogP contribution in [0.15, 0.2) is 12.1 Å². The zero-order valence-corrected chi connectivity index (χ0v) is 9.30. The summed E-state index contributed by atoms with van der Waals surface area (Å²) in [6.45, 7) is 0. The van der Waals surface area contributed by atoms with Crippen molar-refractivity contribution in [3.8, 4) is 0 Å². The van der Waals surface area contributed by atoms with Gasteiger partial charge in [-0.05, 0) is 12.5 Å². The topological polar surface area (TPSA) is 84.2 Å². The van der Waals surface area contributed by atoms with E-state index in [0.717, 1.165) is 6.07 Å². The SMILES string of the molecule is Nc1c(F)cc(F)cc1NC1CCC(=O)NC1=O. The molecule has 0 spiro atoms. The van der Waals surface area contributed by atoms with E-state index in [4.69, 9.17) is 5.73 Å². The van der Waals surface area contributed by atoms with Crippen molar-refractivity contribution in [2.24, 2.45) is 0 Å². The number of hydrogen-bond acceptors (Lipinski definition) is 4. The molecule has 4 N–H and O–H groups in total. The van der Waals surface area contributed by atoms with Gasteiger partial charge in [0.15, 0.2) is 5.82 Å². The van der Waals surface area contributed by atoms with E-state index in [1.807, 2.05) is 0 Å². The molecule has 0 aromatic heterocycles. The summed E-state index contributed by atoms with van der Waals surface area (Å²) in [6, 6.07) is 0.929. The third-order valence-corrected chi connectivity index (χ3v) is 2.66. The standard InChI is InChI=1S/C11H11F2N3O2/c12-5-3-6(13)10(14)8(4-5)15-7-1-2-9(17)16-11(7)18/h3-4,7,15H,1-2,14H2,(H,16,17,18). The lowest BCUT2D eigenvalue weighted by Crippen LogP contribution is -2.47. The molecule has 1 saturated heterocycles. The highest BCUT2D eigenvalue weighted by molar-refractivity contribution is 6.01. The number of rotatable bonds is 2. The average molecular weight is 255 g/mol. The van der Waals surface area contributed by atoms with Crippen LogP contribution >= 0.6 is 0 Å². The van der Waals surface area contributed by atoms with Gasteiger partial charge in [0.1, 0.15) is 11.9 Å². The summed E-state index contributed by atoms with van der Waals surface area (Å²) in [5.41, 5.74) is 5.18. The molecule has 0 bridgehead atoms. The summed E-state index contributed by atoms with van der Waals surface area (Å²) in [6.07, 6.45) is 0.420. The van der Waals surface area contributed by atoms with Crippen LogP contribution in [0.3, 0.4) is 0 Å². The van der Waals surface area contributed by atoms with Gasteiger partial charge in [-0.15, -0.1) is 0 Å². The molecular weight excluding hydrogens is 244 g/mol. The minimum atomic E-state index is -0.898. The zero-order valence-electron chi connectivity index (χ0n) is 9.30. The number of carbonyl (C=O) groups is 2. The molecule has 1 fully saturated rings. The fourth-order valence-electron chi connectivity index (χ4n) is 1.72. The first-order chi connectivity index (χ1) is 8.47. The molecule has 0 radical (unpaired) electrons. The van der Waals surface area contributed by atoms with E-state index in [-0.39, 0.29) is 30.1 Å². The fraction of sp³-hybridized carbons (Fsp3) is 0.273. The molecule has 2 rings (SSSR count). The van der Waals surface area contributed by atoms with Crippen LogP contribution in [0, 0.1) is 11.6 Å². The van der Waals surface area contributed by atoms with Gasteiger partial charge in [-0.1, -0.05) is 0 Å². The average Bonchev–Trinajstić information content (AvgIpc) is 2.29. The highest BCUT2D eigenvalue weighted by Crippen LogP contribution is 2.25. The minimum absolute atomic E-state index is 0.00185. The summed E-state index contributed by atoms with van der Waals surface area (Å²) in [5.74, 6) is -2.59. The van der Waals surface area contributed by atoms with E-state index in [0.29, 0.717) is 6.07 Å². The lowest BCUT2D eigenvalue weighted by atomic mass is 10.1. The van der Waals surface area contributed by atoms with Gasteiger partial charge in [0.05, 0.1) is 11.4 Å². The number of piperidine rings is 1. The monoisotopic (exact) mass is 255 g/mol. The Kier molecular flexibility index (Phi) is 3.14. The number of nitrogen functional groups attached to an aromatic ring is 1. The molecule has 1 aromatic rings. The van der Waals surface area contributed by atoms with Gasteiger partial charge < -0.3 is 11.1 Å². The Labute approximate surface area is 101 Å². The summed E-state index contributed by atoms with van der Waals surface area (Å²) >= 11 is 0. The summed E-state index contributed by atoms with van der Waals surface area (Å²) < 4.78 is 26.2. The minimum Gasteiger partial charge on any atom is -0.395 e. The van der Waals surface area contributed by atoms with Crippen LogP contribution < -0.4 is 16.4 Å². The van der Waals surface area contributed by atoms with E-state index in [2.05, 4.69) is 10.6 Å². The van der Waals surface area contributed by atoms with E-state index in [9.17, 15) is 18.4 Å². The normalized spacial score (nSPS) is 19.6. The van der Waals surface area contributed by atoms with Crippen molar-refractivity contribution in [3.63, 3.8) is 0 Å². The molecule has 1 aliphatic rings. The first-order valence-corrected chi connectivity index (χ1v) is 5.32. The largest absolute Gasteiger partial charge is 0.395 e. The summed E-state index contributed by atoms with van der Waals surface area (Å²) in [5, 5.41) is 4.76. The molecule has 0 aliphatic carbocycles. The highest BCUT2D eigenvalue weighted by atomic mass is 19.1. The van der Waals surface area contributed by atoms with Crippen molar-refractivity contribution in [2.45, 2.75) is 18.9 Å². The second-order valence-corrected chi connectivity index (χ2v) is 4.00. The van der Waals surface area contributed by atoms with Crippen LogP contribution in [0.4, 0.5) is 20.2 Å². The Morgan fingerprint density at radius 3 is 2.72 bits per heavy atom. The number of hydrogen-bond donors (Lipinski definition) is 3. The number of nitrogens with one attached hydrogen (secondary N) is 2. The maximum absolute atomic E-state index is 13.2. The van der Waals surface area contributed by atoms with Crippen LogP contribution in [-0.2, 0) is 9.59 Å². The first-order valence-electron chi connectivity index (χ1n) is 5.32. The van der Waals surface area contributed by atoms with Crippen LogP contribution in [-0.4, -0.2) is 17.9 Å². The van der Waals surface area contributed by atoms with Crippen LogP contribution in [0.2, 0.25) is 0 Å². The number of halogens is 2. The zero-order chi connectivity index (χ0) is 13.3. The van der Waals surface area contributed by atoms with Crippen molar-refractivity contribution < 1.29 is 18.4 Å². The van der Waals surface area contributed by atoms with E-state index < -0.39 is 23.6 Å². The summed E-state index contributed by atoms with van der Waals surface area (Å²) in [4.78, 5) is 22.4. The van der Waals surface area contributed by atoms with Crippen molar-refractivity contribution in [1.82, 2.24) is 5.32 Å². The molecule has 1 unspecified atom stereocenters. The maximum Gasteiger partial charge on any atom is 0.249 e. The van der Waals surface area contributed by atoms with Crippen molar-refractivity contribution in [3.05, 3.63) is 23.8 Å². The maximum atomic E-state index is 13.2. The van der Waals surface area contributed by atoms with Gasteiger partial charge in [0, 0.05) is 12.5 Å². The fourth-order valence-corrected chi connectivity index (χ4v) is 1.72. The van der Waals surface area contributed by atoms with Crippen molar-refractivity contribution in [1.29, 1.82) is 0 Å². The number of benzene rings is 1. The van der Waals surface area contributed by atoms with Gasteiger partial charge >= 0.3 is 0 Å². The Morgan fingerprint density at radius 1 is 1.33 bits per heavy atom. The molecule has 7 heteroatoms. The van der Waals surface area contributed by atoms with E-state index in [1.165, 1.54) is 0 Å². The Hall–Kier alpha value is -2.18. The number of imide groups is 1. The van der Waals surface area contributed by atoms with Gasteiger partial charge in [-0.3, -0.25) is 14.9 Å². The van der Waals surface area contributed by atoms with E-state index >= 15 is 0 Å². The number of nitrogens with two attached hydrogens (primary N) is 1.